The molecular weight excluding hydrogens is 216 g/mol. The molecule has 0 unspecified atom stereocenters. The number of aromatic nitrogens is 1. The molecule has 0 spiro atoms. The number of nitrogen functional groups attached to an aromatic ring is 1. The summed E-state index contributed by atoms with van der Waals surface area (Å²) in [4.78, 5) is 4.39. The Bertz CT molecular complexity index is 500. The predicted molar refractivity (Wildman–Crippen MR) is 68.1 cm³/mol. The second kappa shape index (κ2) is 5.50. The van der Waals surface area contributed by atoms with Crippen LogP contribution in [0.5, 0.6) is 5.88 Å². The van der Waals surface area contributed by atoms with E-state index in [0.717, 1.165) is 17.3 Å². The van der Waals surface area contributed by atoms with E-state index in [2.05, 4.69) is 4.98 Å². The molecule has 0 bridgehead atoms. The molecule has 2 rings (SSSR count). The molecule has 0 radical (unpaired) electrons. The summed E-state index contributed by atoms with van der Waals surface area (Å²) >= 11 is 0. The third-order valence-corrected chi connectivity index (χ3v) is 2.47. The van der Waals surface area contributed by atoms with Crippen LogP contribution in [0.3, 0.4) is 0 Å². The van der Waals surface area contributed by atoms with E-state index in [1.54, 1.807) is 13.2 Å². The van der Waals surface area contributed by atoms with Crippen LogP contribution in [0.4, 0.5) is 5.69 Å². The molecule has 0 aliphatic heterocycles. The van der Waals surface area contributed by atoms with Crippen molar-refractivity contribution in [1.29, 1.82) is 0 Å². The SMILES string of the molecule is COCCCOc1cc(N)c2ccccc2n1. The van der Waals surface area contributed by atoms with Gasteiger partial charge in [-0.2, -0.15) is 0 Å². The van der Waals surface area contributed by atoms with E-state index in [4.69, 9.17) is 15.2 Å². The van der Waals surface area contributed by atoms with E-state index in [-0.39, 0.29) is 0 Å². The number of pyridine rings is 1. The first-order valence-electron chi connectivity index (χ1n) is 5.58. The lowest BCUT2D eigenvalue weighted by Gasteiger charge is -2.07. The first-order valence-corrected chi connectivity index (χ1v) is 5.58. The second-order valence-corrected chi connectivity index (χ2v) is 3.76. The van der Waals surface area contributed by atoms with Crippen molar-refractivity contribution in [2.45, 2.75) is 6.42 Å². The van der Waals surface area contributed by atoms with E-state index >= 15 is 0 Å². The molecular formula is C13H16N2O2. The second-order valence-electron chi connectivity index (χ2n) is 3.76. The molecule has 0 amide bonds. The van der Waals surface area contributed by atoms with Crippen LogP contribution in [-0.2, 0) is 4.74 Å². The average molecular weight is 232 g/mol. The minimum atomic E-state index is 0.567. The van der Waals surface area contributed by atoms with Gasteiger partial charge in [-0.25, -0.2) is 4.98 Å². The highest BCUT2D eigenvalue weighted by Crippen LogP contribution is 2.23. The van der Waals surface area contributed by atoms with Gasteiger partial charge in [0, 0.05) is 37.3 Å². The highest BCUT2D eigenvalue weighted by molar-refractivity contribution is 5.90. The average Bonchev–Trinajstić information content (AvgIpc) is 2.35. The minimum Gasteiger partial charge on any atom is -0.478 e. The number of ether oxygens (including phenoxy) is 2. The molecule has 0 atom stereocenters. The van der Waals surface area contributed by atoms with Crippen molar-refractivity contribution < 1.29 is 9.47 Å². The molecule has 0 saturated heterocycles. The maximum Gasteiger partial charge on any atom is 0.215 e. The topological polar surface area (TPSA) is 57.4 Å². The molecule has 0 saturated carbocycles. The van der Waals surface area contributed by atoms with Gasteiger partial charge in [-0.05, 0) is 6.07 Å². The van der Waals surface area contributed by atoms with Crippen LogP contribution in [0.1, 0.15) is 6.42 Å². The van der Waals surface area contributed by atoms with Gasteiger partial charge in [0.2, 0.25) is 5.88 Å². The van der Waals surface area contributed by atoms with Crippen molar-refractivity contribution in [3.63, 3.8) is 0 Å². The normalized spacial score (nSPS) is 10.6. The minimum absolute atomic E-state index is 0.567. The first-order chi connectivity index (χ1) is 8.31. The Kier molecular flexibility index (Phi) is 3.77. The number of para-hydroxylation sites is 1. The number of fused-ring (bicyclic) bond motifs is 1. The smallest absolute Gasteiger partial charge is 0.215 e. The Morgan fingerprint density at radius 1 is 1.24 bits per heavy atom. The van der Waals surface area contributed by atoms with E-state index in [9.17, 15) is 0 Å². The van der Waals surface area contributed by atoms with Crippen LogP contribution in [0.15, 0.2) is 30.3 Å². The van der Waals surface area contributed by atoms with Crippen LogP contribution in [0.25, 0.3) is 10.9 Å². The summed E-state index contributed by atoms with van der Waals surface area (Å²) in [5.74, 6) is 0.567. The van der Waals surface area contributed by atoms with Crippen LogP contribution >= 0.6 is 0 Å². The van der Waals surface area contributed by atoms with Crippen LogP contribution in [0, 0.1) is 0 Å². The number of anilines is 1. The van der Waals surface area contributed by atoms with Crippen molar-refractivity contribution in [3.05, 3.63) is 30.3 Å². The number of benzene rings is 1. The zero-order valence-corrected chi connectivity index (χ0v) is 9.85. The van der Waals surface area contributed by atoms with Gasteiger partial charge in [0.1, 0.15) is 0 Å². The zero-order chi connectivity index (χ0) is 12.1. The van der Waals surface area contributed by atoms with Crippen molar-refractivity contribution in [2.24, 2.45) is 0 Å². The molecule has 1 heterocycles. The molecule has 0 fully saturated rings. The number of rotatable bonds is 5. The summed E-state index contributed by atoms with van der Waals surface area (Å²) in [6.07, 6.45) is 0.838. The van der Waals surface area contributed by atoms with Gasteiger partial charge in [-0.1, -0.05) is 18.2 Å². The third kappa shape index (κ3) is 2.85. The standard InChI is InChI=1S/C13H16N2O2/c1-16-7-4-8-17-13-9-11(14)10-5-2-3-6-12(10)15-13/h2-3,5-6,9H,4,7-8H2,1H3,(H2,14,15). The fourth-order valence-electron chi connectivity index (χ4n) is 1.63. The molecule has 90 valence electrons. The Morgan fingerprint density at radius 2 is 2.06 bits per heavy atom. The van der Waals surface area contributed by atoms with E-state index in [1.807, 2.05) is 24.3 Å². The van der Waals surface area contributed by atoms with Crippen molar-refractivity contribution in [1.82, 2.24) is 4.98 Å². The predicted octanol–water partition coefficient (Wildman–Crippen LogP) is 2.23. The molecule has 1 aromatic heterocycles. The Balaban J connectivity index is 2.13. The van der Waals surface area contributed by atoms with Gasteiger partial charge in [0.25, 0.3) is 0 Å². The van der Waals surface area contributed by atoms with Gasteiger partial charge in [0.15, 0.2) is 0 Å². The summed E-state index contributed by atoms with van der Waals surface area (Å²) < 4.78 is 10.5. The Morgan fingerprint density at radius 3 is 2.88 bits per heavy atom. The fraction of sp³-hybridized carbons (Fsp3) is 0.308. The first kappa shape index (κ1) is 11.7. The third-order valence-electron chi connectivity index (χ3n) is 2.47. The number of hydrogen-bond acceptors (Lipinski definition) is 4. The maximum absolute atomic E-state index is 5.94. The monoisotopic (exact) mass is 232 g/mol. The Hall–Kier alpha value is -1.81. The Labute approximate surface area is 100 Å². The summed E-state index contributed by atoms with van der Waals surface area (Å²) in [7, 11) is 1.67. The fourth-order valence-corrected chi connectivity index (χ4v) is 1.63. The van der Waals surface area contributed by atoms with Crippen LogP contribution in [0.2, 0.25) is 0 Å². The molecule has 4 nitrogen and oxygen atoms in total. The lowest BCUT2D eigenvalue weighted by molar-refractivity contribution is 0.170. The number of nitrogens with zero attached hydrogens (tertiary/aromatic N) is 1. The molecule has 4 heteroatoms. The number of methoxy groups -OCH3 is 1. The summed E-state index contributed by atoms with van der Waals surface area (Å²) in [5, 5.41) is 0.955. The summed E-state index contributed by atoms with van der Waals surface area (Å²) in [5.41, 5.74) is 7.49. The number of nitrogens with two attached hydrogens (primary N) is 1. The van der Waals surface area contributed by atoms with Crippen LogP contribution in [-0.4, -0.2) is 25.3 Å². The van der Waals surface area contributed by atoms with Crippen molar-refractivity contribution in [3.8, 4) is 5.88 Å². The number of hydrogen-bond donors (Lipinski definition) is 1. The van der Waals surface area contributed by atoms with E-state index in [1.165, 1.54) is 0 Å². The zero-order valence-electron chi connectivity index (χ0n) is 9.85. The van der Waals surface area contributed by atoms with Gasteiger partial charge in [0.05, 0.1) is 12.1 Å². The quantitative estimate of drug-likeness (QED) is 0.803. The maximum atomic E-state index is 5.94. The molecule has 1 aromatic carbocycles. The summed E-state index contributed by atoms with van der Waals surface area (Å²) in [6, 6.07) is 9.51. The lowest BCUT2D eigenvalue weighted by atomic mass is 10.2. The van der Waals surface area contributed by atoms with Crippen LogP contribution < -0.4 is 10.5 Å². The van der Waals surface area contributed by atoms with Gasteiger partial charge < -0.3 is 15.2 Å². The van der Waals surface area contributed by atoms with E-state index < -0.39 is 0 Å². The molecule has 2 aromatic rings. The van der Waals surface area contributed by atoms with Crippen molar-refractivity contribution >= 4 is 16.6 Å². The van der Waals surface area contributed by atoms with Gasteiger partial charge in [-0.3, -0.25) is 0 Å². The van der Waals surface area contributed by atoms with Crippen molar-refractivity contribution in [2.75, 3.05) is 26.1 Å². The van der Waals surface area contributed by atoms with Gasteiger partial charge in [-0.15, -0.1) is 0 Å². The highest BCUT2D eigenvalue weighted by atomic mass is 16.5. The molecule has 0 aliphatic rings. The van der Waals surface area contributed by atoms with E-state index in [0.29, 0.717) is 24.8 Å². The molecule has 2 N–H and O–H groups in total. The molecule has 0 aliphatic carbocycles. The van der Waals surface area contributed by atoms with Gasteiger partial charge >= 0.3 is 0 Å². The highest BCUT2D eigenvalue weighted by Gasteiger charge is 2.03. The molecule has 17 heavy (non-hydrogen) atoms. The largest absolute Gasteiger partial charge is 0.478 e. The lowest BCUT2D eigenvalue weighted by Crippen LogP contribution is -2.03. The summed E-state index contributed by atoms with van der Waals surface area (Å²) in [6.45, 7) is 1.27.